The Kier molecular flexibility index (Phi) is 9.61. The second kappa shape index (κ2) is 11.7. The summed E-state index contributed by atoms with van der Waals surface area (Å²) in [7, 11) is 1.29. The van der Waals surface area contributed by atoms with Crippen LogP contribution in [0, 0.1) is 11.8 Å². The third kappa shape index (κ3) is 6.65. The summed E-state index contributed by atoms with van der Waals surface area (Å²) in [6, 6.07) is 0. The molecule has 2 heterocycles. The van der Waals surface area contributed by atoms with Crippen molar-refractivity contribution in [1.29, 1.82) is 0 Å². The molecule has 1 amide bonds. The number of carbonyl (C=O) groups excluding carboxylic acids is 1. The lowest BCUT2D eigenvalue weighted by atomic mass is 9.78. The summed E-state index contributed by atoms with van der Waals surface area (Å²) in [6.07, 6.45) is 13.0. The summed E-state index contributed by atoms with van der Waals surface area (Å²) in [5.74, 6) is 0.567. The van der Waals surface area contributed by atoms with E-state index < -0.39 is 5.91 Å². The molecule has 2 rings (SSSR count). The Balaban J connectivity index is 1.64. The molecular formula is C20H35NO5. The summed E-state index contributed by atoms with van der Waals surface area (Å²) in [5.41, 5.74) is 0. The highest BCUT2D eigenvalue weighted by molar-refractivity contribution is 5.75. The van der Waals surface area contributed by atoms with E-state index in [-0.39, 0.29) is 6.61 Å². The Morgan fingerprint density at radius 2 is 1.92 bits per heavy atom. The van der Waals surface area contributed by atoms with Crippen molar-refractivity contribution >= 4 is 5.91 Å². The molecule has 0 unspecified atom stereocenters. The van der Waals surface area contributed by atoms with Crippen LogP contribution in [0.1, 0.15) is 51.9 Å². The zero-order valence-corrected chi connectivity index (χ0v) is 16.3. The maximum atomic E-state index is 11.2. The number of unbranched alkanes of at least 4 members (excludes halogenated alkanes) is 3. The minimum atomic E-state index is -0.448. The number of hydroxylamine groups is 2. The van der Waals surface area contributed by atoms with Gasteiger partial charge in [0.15, 0.2) is 0 Å². The average molecular weight is 370 g/mol. The molecule has 6 heteroatoms. The molecule has 0 spiro atoms. The second-order valence-electron chi connectivity index (χ2n) is 7.39. The van der Waals surface area contributed by atoms with Gasteiger partial charge in [-0.25, -0.2) is 5.06 Å². The average Bonchev–Trinajstić information content (AvgIpc) is 3.22. The van der Waals surface area contributed by atoms with E-state index in [1.807, 2.05) is 6.08 Å². The van der Waals surface area contributed by atoms with E-state index in [1.54, 1.807) is 0 Å². The Bertz CT molecular complexity index is 440. The third-order valence-corrected chi connectivity index (χ3v) is 5.42. The van der Waals surface area contributed by atoms with Gasteiger partial charge < -0.3 is 14.2 Å². The summed E-state index contributed by atoms with van der Waals surface area (Å²) >= 11 is 0. The highest BCUT2D eigenvalue weighted by atomic mass is 16.5. The van der Waals surface area contributed by atoms with Crippen LogP contribution in [0.4, 0.5) is 0 Å². The number of amides is 1. The Labute approximate surface area is 157 Å². The van der Waals surface area contributed by atoms with E-state index in [0.29, 0.717) is 35.7 Å². The van der Waals surface area contributed by atoms with Gasteiger partial charge in [-0.05, 0) is 31.6 Å². The first-order valence-electron chi connectivity index (χ1n) is 10.0. The number of carbonyl (C=O) groups is 1. The van der Waals surface area contributed by atoms with Crippen LogP contribution >= 0.6 is 0 Å². The van der Waals surface area contributed by atoms with E-state index in [4.69, 9.17) is 19.4 Å². The van der Waals surface area contributed by atoms with Crippen molar-refractivity contribution in [3.8, 4) is 0 Å². The highest BCUT2D eigenvalue weighted by Gasteiger charge is 2.48. The van der Waals surface area contributed by atoms with Gasteiger partial charge in [-0.2, -0.15) is 0 Å². The minimum Gasteiger partial charge on any atom is -0.381 e. The fraction of sp³-hybridized carbons (Fsp3) is 0.850. The first-order valence-corrected chi connectivity index (χ1v) is 10.0. The highest BCUT2D eigenvalue weighted by Crippen LogP contribution is 2.45. The van der Waals surface area contributed by atoms with Crippen LogP contribution < -0.4 is 0 Å². The third-order valence-electron chi connectivity index (χ3n) is 5.42. The van der Waals surface area contributed by atoms with Crippen LogP contribution in [-0.4, -0.2) is 61.9 Å². The Hall–Kier alpha value is -0.950. The topological polar surface area (TPSA) is 68.2 Å². The molecule has 6 nitrogen and oxygen atoms in total. The molecule has 150 valence electrons. The Morgan fingerprint density at radius 3 is 2.65 bits per heavy atom. The molecule has 26 heavy (non-hydrogen) atoms. The van der Waals surface area contributed by atoms with Gasteiger partial charge in [-0.1, -0.05) is 38.3 Å². The smallest absolute Gasteiger partial charge is 0.271 e. The first kappa shape index (κ1) is 21.4. The number of fused-ring (bicyclic) bond motifs is 2. The number of ether oxygens (including phenoxy) is 3. The maximum Gasteiger partial charge on any atom is 0.271 e. The number of rotatable bonds is 13. The molecule has 0 aromatic heterocycles. The monoisotopic (exact) mass is 369 g/mol. The van der Waals surface area contributed by atoms with E-state index in [0.717, 1.165) is 38.9 Å². The number of hydrogen-bond donors (Lipinski definition) is 1. The van der Waals surface area contributed by atoms with E-state index in [9.17, 15) is 4.79 Å². The molecule has 0 aromatic carbocycles. The van der Waals surface area contributed by atoms with Crippen molar-refractivity contribution in [3.63, 3.8) is 0 Å². The fourth-order valence-electron chi connectivity index (χ4n) is 3.91. The van der Waals surface area contributed by atoms with Crippen molar-refractivity contribution in [3.05, 3.63) is 12.2 Å². The van der Waals surface area contributed by atoms with Gasteiger partial charge in [0.1, 0.15) is 6.61 Å². The van der Waals surface area contributed by atoms with Gasteiger partial charge in [0.2, 0.25) is 0 Å². The molecule has 0 radical (unpaired) electrons. The number of nitrogens with zero attached hydrogens (tertiary/aromatic N) is 1. The number of allylic oxidation sites excluding steroid dienone is 1. The molecule has 0 aliphatic carbocycles. The van der Waals surface area contributed by atoms with Gasteiger partial charge in [0.25, 0.3) is 5.91 Å². The summed E-state index contributed by atoms with van der Waals surface area (Å²) < 4.78 is 17.3. The van der Waals surface area contributed by atoms with Crippen LogP contribution in [0.2, 0.25) is 0 Å². The SMILES string of the molecule is CCCCCCOC[C@@H]1[C@H](CC=CCOCC(=O)N(C)O)[C@@H]2CC[C@H]1O2. The van der Waals surface area contributed by atoms with E-state index >= 15 is 0 Å². The standard InChI is InChI=1S/C20H35NO5/c1-3-4-5-7-12-24-14-17-16(18-10-11-19(17)26-18)9-6-8-13-25-15-20(22)21(2)23/h6,8,16-19,23H,3-5,7,9-15H2,1-2H3/t16-,17+,18-,19+/m0/s1. The Morgan fingerprint density at radius 1 is 1.15 bits per heavy atom. The van der Waals surface area contributed by atoms with Gasteiger partial charge >= 0.3 is 0 Å². The molecule has 0 aromatic rings. The summed E-state index contributed by atoms with van der Waals surface area (Å²) in [6.45, 7) is 4.15. The molecule has 1 N–H and O–H groups in total. The lowest BCUT2D eigenvalue weighted by Gasteiger charge is -2.27. The molecule has 2 fully saturated rings. The van der Waals surface area contributed by atoms with Crippen molar-refractivity contribution in [2.24, 2.45) is 11.8 Å². The lowest BCUT2D eigenvalue weighted by molar-refractivity contribution is -0.163. The molecule has 2 aliphatic rings. The molecule has 4 atom stereocenters. The molecule has 0 saturated carbocycles. The zero-order chi connectivity index (χ0) is 18.8. The quantitative estimate of drug-likeness (QED) is 0.234. The van der Waals surface area contributed by atoms with Gasteiger partial charge in [0.05, 0.1) is 25.4 Å². The van der Waals surface area contributed by atoms with Crippen molar-refractivity contribution < 1.29 is 24.2 Å². The van der Waals surface area contributed by atoms with Crippen LogP contribution in [0.15, 0.2) is 12.2 Å². The molecule has 2 bridgehead atoms. The largest absolute Gasteiger partial charge is 0.381 e. The molecular weight excluding hydrogens is 334 g/mol. The van der Waals surface area contributed by atoms with E-state index in [1.165, 1.54) is 26.3 Å². The summed E-state index contributed by atoms with van der Waals surface area (Å²) in [4.78, 5) is 11.2. The lowest BCUT2D eigenvalue weighted by Crippen LogP contribution is -2.30. The number of likely N-dealkylation sites (N-methyl/N-ethyl adjacent to an activating group) is 1. The number of hydrogen-bond acceptors (Lipinski definition) is 5. The first-order chi connectivity index (χ1) is 12.6. The van der Waals surface area contributed by atoms with E-state index in [2.05, 4.69) is 13.0 Å². The maximum absolute atomic E-state index is 11.2. The predicted molar refractivity (Wildman–Crippen MR) is 99.0 cm³/mol. The minimum absolute atomic E-state index is 0.108. The zero-order valence-electron chi connectivity index (χ0n) is 16.3. The van der Waals surface area contributed by atoms with Gasteiger partial charge in [0, 0.05) is 19.6 Å². The van der Waals surface area contributed by atoms with Crippen molar-refractivity contribution in [2.75, 3.05) is 33.5 Å². The normalized spacial score (nSPS) is 27.5. The second-order valence-corrected chi connectivity index (χ2v) is 7.39. The summed E-state index contributed by atoms with van der Waals surface area (Å²) in [5, 5.41) is 9.49. The van der Waals surface area contributed by atoms with Crippen LogP contribution in [0.5, 0.6) is 0 Å². The van der Waals surface area contributed by atoms with Crippen molar-refractivity contribution in [2.45, 2.75) is 64.1 Å². The van der Waals surface area contributed by atoms with Gasteiger partial charge in [-0.15, -0.1) is 0 Å². The molecule has 2 aliphatic heterocycles. The van der Waals surface area contributed by atoms with Crippen LogP contribution in [-0.2, 0) is 19.0 Å². The van der Waals surface area contributed by atoms with Crippen molar-refractivity contribution in [1.82, 2.24) is 5.06 Å². The van der Waals surface area contributed by atoms with Crippen LogP contribution in [0.25, 0.3) is 0 Å². The fourth-order valence-corrected chi connectivity index (χ4v) is 3.91. The predicted octanol–water partition coefficient (Wildman–Crippen LogP) is 3.19. The molecule has 2 saturated heterocycles. The van der Waals surface area contributed by atoms with Gasteiger partial charge in [-0.3, -0.25) is 10.0 Å². The van der Waals surface area contributed by atoms with Crippen LogP contribution in [0.3, 0.4) is 0 Å².